The highest BCUT2D eigenvalue weighted by Crippen LogP contribution is 2.11. The number of aromatic nitrogens is 1. The third-order valence-corrected chi connectivity index (χ3v) is 2.39. The van der Waals surface area contributed by atoms with Crippen LogP contribution in [0.4, 0.5) is 0 Å². The van der Waals surface area contributed by atoms with E-state index < -0.39 is 11.7 Å². The molecular weight excluding hydrogens is 192 g/mol. The van der Waals surface area contributed by atoms with Gasteiger partial charge in [0.25, 0.3) is 0 Å². The molecule has 13 heavy (non-hydrogen) atoms. The van der Waals surface area contributed by atoms with Gasteiger partial charge in [-0.2, -0.15) is 0 Å². The summed E-state index contributed by atoms with van der Waals surface area (Å²) in [6, 6.07) is 0. The van der Waals surface area contributed by atoms with Crippen molar-refractivity contribution in [2.24, 2.45) is 5.16 Å². The van der Waals surface area contributed by atoms with Crippen molar-refractivity contribution in [3.63, 3.8) is 0 Å². The van der Waals surface area contributed by atoms with Crippen LogP contribution in [0.1, 0.15) is 17.6 Å². The molecule has 0 spiro atoms. The number of carboxylic acids is 1. The predicted octanol–water partition coefficient (Wildman–Crippen LogP) is 0.968. The minimum Gasteiger partial charge on any atom is -0.476 e. The first-order valence-electron chi connectivity index (χ1n) is 3.59. The van der Waals surface area contributed by atoms with E-state index in [1.165, 1.54) is 11.3 Å². The van der Waals surface area contributed by atoms with E-state index in [9.17, 15) is 4.79 Å². The maximum absolute atomic E-state index is 10.5. The van der Waals surface area contributed by atoms with Crippen LogP contribution in [0.2, 0.25) is 0 Å². The number of aliphatic carboxylic acids is 1. The van der Waals surface area contributed by atoms with Gasteiger partial charge in [0.05, 0.1) is 5.01 Å². The van der Waals surface area contributed by atoms with E-state index in [2.05, 4.69) is 10.1 Å². The van der Waals surface area contributed by atoms with Crippen molar-refractivity contribution < 1.29 is 15.1 Å². The van der Waals surface area contributed by atoms with Gasteiger partial charge in [-0.05, 0) is 6.42 Å². The zero-order chi connectivity index (χ0) is 9.84. The maximum Gasteiger partial charge on any atom is 0.360 e. The summed E-state index contributed by atoms with van der Waals surface area (Å²) >= 11 is 1.34. The standard InChI is InChI=1S/C7H8N2O3S/c1-2-5-8-4(3-13-5)6(9-12)7(10)11/h3,12H,2H2,1H3,(H,10,11)/b9-6-. The molecule has 5 nitrogen and oxygen atoms in total. The van der Waals surface area contributed by atoms with Gasteiger partial charge in [0, 0.05) is 5.38 Å². The summed E-state index contributed by atoms with van der Waals surface area (Å²) < 4.78 is 0. The quantitative estimate of drug-likeness (QED) is 0.432. The molecule has 0 saturated heterocycles. The highest BCUT2D eigenvalue weighted by Gasteiger charge is 2.16. The van der Waals surface area contributed by atoms with Crippen molar-refractivity contribution in [1.29, 1.82) is 0 Å². The molecule has 0 atom stereocenters. The van der Waals surface area contributed by atoms with Crippen molar-refractivity contribution in [1.82, 2.24) is 4.98 Å². The van der Waals surface area contributed by atoms with Crippen LogP contribution in [-0.4, -0.2) is 27.0 Å². The Morgan fingerprint density at radius 1 is 1.77 bits per heavy atom. The van der Waals surface area contributed by atoms with Crippen LogP contribution in [-0.2, 0) is 11.2 Å². The number of rotatable bonds is 3. The van der Waals surface area contributed by atoms with Gasteiger partial charge in [0.15, 0.2) is 0 Å². The maximum atomic E-state index is 10.5. The summed E-state index contributed by atoms with van der Waals surface area (Å²) in [6.45, 7) is 1.92. The summed E-state index contributed by atoms with van der Waals surface area (Å²) in [5, 5.41) is 22.0. The molecule has 0 amide bonds. The Labute approximate surface area is 78.4 Å². The number of carboxylic acid groups (broad SMARTS) is 1. The lowest BCUT2D eigenvalue weighted by Crippen LogP contribution is -2.14. The summed E-state index contributed by atoms with van der Waals surface area (Å²) in [5.41, 5.74) is -0.215. The van der Waals surface area contributed by atoms with Crippen molar-refractivity contribution in [3.8, 4) is 0 Å². The van der Waals surface area contributed by atoms with Gasteiger partial charge < -0.3 is 10.3 Å². The summed E-state index contributed by atoms with van der Waals surface area (Å²) in [4.78, 5) is 14.5. The van der Waals surface area contributed by atoms with Crippen molar-refractivity contribution in [3.05, 3.63) is 16.1 Å². The van der Waals surface area contributed by atoms with Gasteiger partial charge in [-0.25, -0.2) is 9.78 Å². The van der Waals surface area contributed by atoms with Crippen molar-refractivity contribution in [2.75, 3.05) is 0 Å². The minimum atomic E-state index is -1.28. The molecule has 1 heterocycles. The van der Waals surface area contributed by atoms with Crippen LogP contribution in [0.15, 0.2) is 10.5 Å². The van der Waals surface area contributed by atoms with E-state index in [1.807, 2.05) is 6.92 Å². The molecule has 6 heteroatoms. The molecule has 0 bridgehead atoms. The Hall–Kier alpha value is -1.43. The first kappa shape index (κ1) is 9.66. The lowest BCUT2D eigenvalue weighted by molar-refractivity contribution is -0.129. The Balaban J connectivity index is 3.00. The Kier molecular flexibility index (Phi) is 2.97. The van der Waals surface area contributed by atoms with Crippen LogP contribution < -0.4 is 0 Å². The fraction of sp³-hybridized carbons (Fsp3) is 0.286. The normalized spacial score (nSPS) is 11.6. The lowest BCUT2D eigenvalue weighted by Gasteiger charge is -1.91. The molecule has 1 aromatic rings. The number of hydrogen-bond acceptors (Lipinski definition) is 5. The molecule has 0 aliphatic heterocycles. The average Bonchev–Trinajstić information content (AvgIpc) is 2.53. The first-order chi connectivity index (χ1) is 6.19. The van der Waals surface area contributed by atoms with E-state index in [-0.39, 0.29) is 5.69 Å². The zero-order valence-corrected chi connectivity index (χ0v) is 7.71. The van der Waals surface area contributed by atoms with Crippen LogP contribution in [0.25, 0.3) is 0 Å². The number of nitrogens with zero attached hydrogens (tertiary/aromatic N) is 2. The second-order valence-corrected chi connectivity index (χ2v) is 3.18. The molecule has 2 N–H and O–H groups in total. The molecule has 1 aromatic heterocycles. The van der Waals surface area contributed by atoms with Gasteiger partial charge in [0.1, 0.15) is 5.69 Å². The smallest absolute Gasteiger partial charge is 0.360 e. The summed E-state index contributed by atoms with van der Waals surface area (Å²) in [6.07, 6.45) is 0.739. The van der Waals surface area contributed by atoms with E-state index in [0.717, 1.165) is 11.4 Å². The molecule has 0 unspecified atom stereocenters. The van der Waals surface area contributed by atoms with E-state index in [1.54, 1.807) is 5.38 Å². The summed E-state index contributed by atoms with van der Waals surface area (Å²) in [7, 11) is 0. The van der Waals surface area contributed by atoms with Gasteiger partial charge in [-0.3, -0.25) is 0 Å². The van der Waals surface area contributed by atoms with Crippen LogP contribution in [0.3, 0.4) is 0 Å². The Morgan fingerprint density at radius 2 is 2.46 bits per heavy atom. The third-order valence-electron chi connectivity index (χ3n) is 1.40. The molecule has 0 aliphatic carbocycles. The van der Waals surface area contributed by atoms with Gasteiger partial charge in [-0.15, -0.1) is 11.3 Å². The number of carbonyl (C=O) groups is 1. The minimum absolute atomic E-state index is 0.205. The molecule has 70 valence electrons. The number of oxime groups is 1. The van der Waals surface area contributed by atoms with Crippen LogP contribution in [0, 0.1) is 0 Å². The Bertz CT molecular complexity index is 345. The highest BCUT2D eigenvalue weighted by atomic mass is 32.1. The van der Waals surface area contributed by atoms with E-state index >= 15 is 0 Å². The van der Waals surface area contributed by atoms with Crippen LogP contribution in [0.5, 0.6) is 0 Å². The largest absolute Gasteiger partial charge is 0.476 e. The topological polar surface area (TPSA) is 82.8 Å². The summed E-state index contributed by atoms with van der Waals surface area (Å²) in [5.74, 6) is -1.28. The molecule has 0 aromatic carbocycles. The molecule has 0 radical (unpaired) electrons. The molecule has 0 fully saturated rings. The van der Waals surface area contributed by atoms with E-state index in [4.69, 9.17) is 10.3 Å². The van der Waals surface area contributed by atoms with E-state index in [0.29, 0.717) is 0 Å². The number of aryl methyl sites for hydroxylation is 1. The molecule has 0 aliphatic rings. The van der Waals surface area contributed by atoms with Crippen molar-refractivity contribution >= 4 is 23.0 Å². The van der Waals surface area contributed by atoms with Crippen LogP contribution >= 0.6 is 11.3 Å². The first-order valence-corrected chi connectivity index (χ1v) is 4.47. The SMILES string of the molecule is CCc1nc(/C(=N/O)C(=O)O)cs1. The monoisotopic (exact) mass is 200 g/mol. The van der Waals surface area contributed by atoms with Crippen molar-refractivity contribution in [2.45, 2.75) is 13.3 Å². The molecule has 0 saturated carbocycles. The third kappa shape index (κ3) is 2.03. The second-order valence-electron chi connectivity index (χ2n) is 2.23. The van der Waals surface area contributed by atoms with Gasteiger partial charge >= 0.3 is 5.97 Å². The number of hydrogen-bond donors (Lipinski definition) is 2. The average molecular weight is 200 g/mol. The molecule has 1 rings (SSSR count). The fourth-order valence-electron chi connectivity index (χ4n) is 0.786. The van der Waals surface area contributed by atoms with Gasteiger partial charge in [0.2, 0.25) is 5.71 Å². The molecular formula is C7H8N2O3S. The van der Waals surface area contributed by atoms with Gasteiger partial charge in [-0.1, -0.05) is 12.1 Å². The lowest BCUT2D eigenvalue weighted by atomic mass is 10.3. The second kappa shape index (κ2) is 3.99. The fourth-order valence-corrected chi connectivity index (χ4v) is 1.52. The highest BCUT2D eigenvalue weighted by molar-refractivity contribution is 7.09. The predicted molar refractivity (Wildman–Crippen MR) is 47.5 cm³/mol. The Morgan fingerprint density at radius 3 is 2.85 bits per heavy atom. The zero-order valence-electron chi connectivity index (χ0n) is 6.89. The number of thiazole rings is 1.